The Morgan fingerprint density at radius 1 is 1.38 bits per heavy atom. The summed E-state index contributed by atoms with van der Waals surface area (Å²) in [5, 5.41) is 17.6. The van der Waals surface area contributed by atoms with E-state index in [0.29, 0.717) is 12.2 Å². The molecule has 0 spiro atoms. The highest BCUT2D eigenvalue weighted by Crippen LogP contribution is 2.22. The molecule has 2 aromatic heterocycles. The second-order valence-electron chi connectivity index (χ2n) is 5.01. The predicted molar refractivity (Wildman–Crippen MR) is 77.5 cm³/mol. The number of amides is 1. The molecule has 0 aliphatic carbocycles. The first-order valence-electron chi connectivity index (χ1n) is 6.74. The van der Waals surface area contributed by atoms with E-state index in [9.17, 15) is 4.79 Å². The van der Waals surface area contributed by atoms with Gasteiger partial charge in [0.15, 0.2) is 5.82 Å². The fourth-order valence-corrected chi connectivity index (χ4v) is 2.43. The number of hydrogen-bond acceptors (Lipinski definition) is 4. The maximum atomic E-state index is 12.2. The Kier molecular flexibility index (Phi) is 3.39. The van der Waals surface area contributed by atoms with Crippen LogP contribution in [0, 0.1) is 6.92 Å². The van der Waals surface area contributed by atoms with Gasteiger partial charge in [0, 0.05) is 16.6 Å². The summed E-state index contributed by atoms with van der Waals surface area (Å²) in [7, 11) is 0. The zero-order valence-corrected chi connectivity index (χ0v) is 11.8. The minimum atomic E-state index is -0.276. The molecule has 3 N–H and O–H groups in total. The van der Waals surface area contributed by atoms with Gasteiger partial charge in [-0.2, -0.15) is 5.21 Å². The number of aryl methyl sites for hydroxylation is 1. The summed E-state index contributed by atoms with van der Waals surface area (Å²) in [6.07, 6.45) is 0.317. The lowest BCUT2D eigenvalue weighted by molar-refractivity contribution is -0.121. The quantitative estimate of drug-likeness (QED) is 0.674. The third-order valence-corrected chi connectivity index (χ3v) is 3.49. The van der Waals surface area contributed by atoms with Gasteiger partial charge in [0.1, 0.15) is 0 Å². The molecule has 7 heteroatoms. The van der Waals surface area contributed by atoms with Crippen molar-refractivity contribution in [2.24, 2.45) is 0 Å². The van der Waals surface area contributed by atoms with Crippen molar-refractivity contribution in [3.05, 3.63) is 41.3 Å². The van der Waals surface area contributed by atoms with Crippen molar-refractivity contribution in [1.29, 1.82) is 0 Å². The predicted octanol–water partition coefficient (Wildman–Crippen LogP) is 1.41. The van der Waals surface area contributed by atoms with Crippen molar-refractivity contribution >= 4 is 16.8 Å². The van der Waals surface area contributed by atoms with E-state index in [1.165, 1.54) is 0 Å². The molecule has 1 aromatic carbocycles. The van der Waals surface area contributed by atoms with Gasteiger partial charge in [-0.3, -0.25) is 4.79 Å². The number of aromatic amines is 2. The standard InChI is InChI=1S/C14H16N6O/c1-8-11(10-5-3-4-6-12(10)15-8)7-13(21)16-9(2)14-17-19-20-18-14/h3-6,9,15H,7H2,1-2H3,(H,16,21)(H,17,18,19,20). The van der Waals surface area contributed by atoms with Gasteiger partial charge in [0.05, 0.1) is 12.5 Å². The molecule has 2 heterocycles. The molecule has 21 heavy (non-hydrogen) atoms. The van der Waals surface area contributed by atoms with E-state index in [1.807, 2.05) is 38.1 Å². The van der Waals surface area contributed by atoms with E-state index in [0.717, 1.165) is 22.2 Å². The Balaban J connectivity index is 1.76. The van der Waals surface area contributed by atoms with Crippen LogP contribution in [0.3, 0.4) is 0 Å². The topological polar surface area (TPSA) is 99.4 Å². The number of tetrazole rings is 1. The third kappa shape index (κ3) is 2.62. The normalized spacial score (nSPS) is 12.5. The van der Waals surface area contributed by atoms with Crippen LogP contribution in [0.4, 0.5) is 0 Å². The molecule has 7 nitrogen and oxygen atoms in total. The maximum absolute atomic E-state index is 12.2. The van der Waals surface area contributed by atoms with E-state index in [-0.39, 0.29) is 11.9 Å². The number of para-hydroxylation sites is 1. The molecule has 3 rings (SSSR count). The fourth-order valence-electron chi connectivity index (χ4n) is 2.43. The number of nitrogens with one attached hydrogen (secondary N) is 3. The average Bonchev–Trinajstić information content (AvgIpc) is 3.08. The zero-order chi connectivity index (χ0) is 14.8. The van der Waals surface area contributed by atoms with Crippen LogP contribution < -0.4 is 5.32 Å². The van der Waals surface area contributed by atoms with Crippen LogP contribution in [0.25, 0.3) is 10.9 Å². The van der Waals surface area contributed by atoms with E-state index < -0.39 is 0 Å². The molecule has 3 aromatic rings. The van der Waals surface area contributed by atoms with Crippen LogP contribution in [0.5, 0.6) is 0 Å². The van der Waals surface area contributed by atoms with Crippen molar-refractivity contribution < 1.29 is 4.79 Å². The minimum Gasteiger partial charge on any atom is -0.358 e. The summed E-state index contributed by atoms with van der Waals surface area (Å²) < 4.78 is 0. The number of carbonyl (C=O) groups is 1. The number of rotatable bonds is 4. The summed E-state index contributed by atoms with van der Waals surface area (Å²) in [5.74, 6) is 0.402. The number of fused-ring (bicyclic) bond motifs is 1. The summed E-state index contributed by atoms with van der Waals surface area (Å²) in [5.41, 5.74) is 3.07. The second kappa shape index (κ2) is 5.35. The Labute approximate surface area is 121 Å². The number of aromatic nitrogens is 5. The SMILES string of the molecule is Cc1[nH]c2ccccc2c1CC(=O)NC(C)c1nn[nH]n1. The van der Waals surface area contributed by atoms with Crippen LogP contribution >= 0.6 is 0 Å². The van der Waals surface area contributed by atoms with Crippen molar-refractivity contribution in [2.75, 3.05) is 0 Å². The van der Waals surface area contributed by atoms with Gasteiger partial charge in [0.2, 0.25) is 5.91 Å². The van der Waals surface area contributed by atoms with Gasteiger partial charge < -0.3 is 10.3 Å². The lowest BCUT2D eigenvalue weighted by atomic mass is 10.1. The molecular weight excluding hydrogens is 268 g/mol. The number of hydrogen-bond donors (Lipinski definition) is 3. The molecule has 0 saturated carbocycles. The van der Waals surface area contributed by atoms with Gasteiger partial charge in [-0.15, -0.1) is 10.2 Å². The molecule has 0 fully saturated rings. The van der Waals surface area contributed by atoms with Crippen LogP contribution in [0.15, 0.2) is 24.3 Å². The zero-order valence-electron chi connectivity index (χ0n) is 11.8. The lowest BCUT2D eigenvalue weighted by Gasteiger charge is -2.10. The molecule has 1 amide bonds. The summed E-state index contributed by atoms with van der Waals surface area (Å²) in [6.45, 7) is 3.80. The van der Waals surface area contributed by atoms with Gasteiger partial charge in [-0.05, 0) is 25.5 Å². The first kappa shape index (κ1) is 13.3. The van der Waals surface area contributed by atoms with E-state index >= 15 is 0 Å². The molecule has 1 atom stereocenters. The Morgan fingerprint density at radius 2 is 2.19 bits per heavy atom. The minimum absolute atomic E-state index is 0.0693. The maximum Gasteiger partial charge on any atom is 0.225 e. The highest BCUT2D eigenvalue weighted by atomic mass is 16.1. The van der Waals surface area contributed by atoms with Crippen LogP contribution in [-0.2, 0) is 11.2 Å². The molecule has 108 valence electrons. The molecule has 1 unspecified atom stereocenters. The average molecular weight is 284 g/mol. The van der Waals surface area contributed by atoms with Crippen LogP contribution in [0.2, 0.25) is 0 Å². The van der Waals surface area contributed by atoms with Crippen LogP contribution in [-0.4, -0.2) is 31.5 Å². The van der Waals surface area contributed by atoms with Gasteiger partial charge in [-0.25, -0.2) is 0 Å². The molecule has 0 saturated heterocycles. The first-order valence-corrected chi connectivity index (χ1v) is 6.74. The van der Waals surface area contributed by atoms with E-state index in [2.05, 4.69) is 30.9 Å². The number of H-pyrrole nitrogens is 2. The lowest BCUT2D eigenvalue weighted by Crippen LogP contribution is -2.29. The Morgan fingerprint density at radius 3 is 2.95 bits per heavy atom. The highest BCUT2D eigenvalue weighted by molar-refractivity contribution is 5.90. The monoisotopic (exact) mass is 284 g/mol. The van der Waals surface area contributed by atoms with Gasteiger partial charge >= 0.3 is 0 Å². The van der Waals surface area contributed by atoms with Crippen molar-refractivity contribution in [1.82, 2.24) is 30.9 Å². The Hall–Kier alpha value is -2.70. The molecular formula is C14H16N6O. The summed E-state index contributed by atoms with van der Waals surface area (Å²) in [6, 6.07) is 7.69. The molecule has 0 aliphatic heterocycles. The van der Waals surface area contributed by atoms with Crippen molar-refractivity contribution in [2.45, 2.75) is 26.3 Å². The smallest absolute Gasteiger partial charge is 0.225 e. The van der Waals surface area contributed by atoms with Crippen molar-refractivity contribution in [3.63, 3.8) is 0 Å². The van der Waals surface area contributed by atoms with Crippen molar-refractivity contribution in [3.8, 4) is 0 Å². The first-order chi connectivity index (χ1) is 10.1. The third-order valence-electron chi connectivity index (χ3n) is 3.49. The largest absolute Gasteiger partial charge is 0.358 e. The van der Waals surface area contributed by atoms with E-state index in [1.54, 1.807) is 0 Å². The highest BCUT2D eigenvalue weighted by Gasteiger charge is 2.16. The molecule has 0 radical (unpaired) electrons. The van der Waals surface area contributed by atoms with Gasteiger partial charge in [0.25, 0.3) is 0 Å². The number of benzene rings is 1. The fraction of sp³-hybridized carbons (Fsp3) is 0.286. The Bertz CT molecular complexity index is 761. The summed E-state index contributed by atoms with van der Waals surface area (Å²) >= 11 is 0. The molecule has 0 aliphatic rings. The van der Waals surface area contributed by atoms with Crippen LogP contribution in [0.1, 0.15) is 30.0 Å². The molecule has 0 bridgehead atoms. The second-order valence-corrected chi connectivity index (χ2v) is 5.01. The van der Waals surface area contributed by atoms with Gasteiger partial charge in [-0.1, -0.05) is 23.4 Å². The number of carbonyl (C=O) groups excluding carboxylic acids is 1. The summed E-state index contributed by atoms with van der Waals surface area (Å²) in [4.78, 5) is 15.5. The van der Waals surface area contributed by atoms with E-state index in [4.69, 9.17) is 0 Å². The number of nitrogens with zero attached hydrogens (tertiary/aromatic N) is 3.